The van der Waals surface area contributed by atoms with E-state index in [4.69, 9.17) is 9.52 Å². The minimum absolute atomic E-state index is 0.0812. The first-order valence-electron chi connectivity index (χ1n) is 7.69. The van der Waals surface area contributed by atoms with E-state index in [1.165, 1.54) is 6.07 Å². The molecule has 1 aromatic carbocycles. The van der Waals surface area contributed by atoms with Crippen molar-refractivity contribution in [2.24, 2.45) is 5.92 Å². The van der Waals surface area contributed by atoms with Gasteiger partial charge in [0.05, 0.1) is 12.0 Å². The lowest BCUT2D eigenvalue weighted by molar-refractivity contribution is -0.137. The van der Waals surface area contributed by atoms with Crippen LogP contribution in [0.1, 0.15) is 42.1 Å². The molecule has 2 aromatic rings. The summed E-state index contributed by atoms with van der Waals surface area (Å²) in [4.78, 5) is 23.0. The van der Waals surface area contributed by atoms with Crippen molar-refractivity contribution in [3.8, 4) is 5.75 Å². The largest absolute Gasteiger partial charge is 0.507 e. The second-order valence-corrected chi connectivity index (χ2v) is 5.92. The van der Waals surface area contributed by atoms with Gasteiger partial charge in [0.25, 0.3) is 0 Å². The van der Waals surface area contributed by atoms with E-state index in [0.29, 0.717) is 5.92 Å². The summed E-state index contributed by atoms with van der Waals surface area (Å²) in [5.41, 5.74) is 0.680. The number of aromatic hydroxyl groups is 1. The van der Waals surface area contributed by atoms with Gasteiger partial charge in [-0.1, -0.05) is 30.3 Å². The van der Waals surface area contributed by atoms with E-state index in [1.807, 2.05) is 30.3 Å². The molecule has 23 heavy (non-hydrogen) atoms. The summed E-state index contributed by atoms with van der Waals surface area (Å²) in [6.07, 6.45) is 1.96. The Labute approximate surface area is 133 Å². The van der Waals surface area contributed by atoms with Crippen LogP contribution in [0.25, 0.3) is 0 Å². The highest BCUT2D eigenvalue weighted by Gasteiger charge is 2.37. The van der Waals surface area contributed by atoms with Gasteiger partial charge in [-0.2, -0.15) is 0 Å². The van der Waals surface area contributed by atoms with Gasteiger partial charge in [-0.05, 0) is 24.3 Å². The fourth-order valence-corrected chi connectivity index (χ4v) is 2.94. The maximum atomic E-state index is 12.4. The lowest BCUT2D eigenvalue weighted by atomic mass is 9.87. The summed E-state index contributed by atoms with van der Waals surface area (Å²) in [5, 5.41) is 19.0. The number of carboxylic acid groups (broad SMARTS) is 1. The molecular formula is C18H18O5. The molecule has 1 heterocycles. The van der Waals surface area contributed by atoms with Crippen LogP contribution >= 0.6 is 0 Å². The molecule has 1 aromatic heterocycles. The molecule has 1 unspecified atom stereocenters. The minimum atomic E-state index is -0.976. The molecule has 1 atom stereocenters. The zero-order valence-electron chi connectivity index (χ0n) is 12.6. The average Bonchev–Trinajstić information content (AvgIpc) is 3.34. The van der Waals surface area contributed by atoms with Crippen LogP contribution in [0.3, 0.4) is 0 Å². The lowest BCUT2D eigenvalue weighted by Gasteiger charge is -2.17. The molecule has 1 saturated carbocycles. The van der Waals surface area contributed by atoms with Gasteiger partial charge in [-0.3, -0.25) is 4.79 Å². The van der Waals surface area contributed by atoms with Crippen molar-refractivity contribution >= 4 is 5.97 Å². The molecule has 120 valence electrons. The molecule has 0 spiro atoms. The Balaban J connectivity index is 1.98. The average molecular weight is 314 g/mol. The maximum absolute atomic E-state index is 12.4. The van der Waals surface area contributed by atoms with Crippen molar-refractivity contribution in [3.05, 3.63) is 63.7 Å². The predicted octanol–water partition coefficient (Wildman–Crippen LogP) is 2.90. The normalized spacial score (nSPS) is 15.3. The molecule has 5 nitrogen and oxygen atoms in total. The Morgan fingerprint density at radius 1 is 1.26 bits per heavy atom. The predicted molar refractivity (Wildman–Crippen MR) is 83.6 cm³/mol. The van der Waals surface area contributed by atoms with Crippen molar-refractivity contribution in [2.45, 2.75) is 31.6 Å². The molecule has 1 aliphatic rings. The molecule has 1 aliphatic carbocycles. The molecule has 0 aliphatic heterocycles. The van der Waals surface area contributed by atoms with E-state index in [2.05, 4.69) is 0 Å². The standard InChI is InChI=1S/C18H18O5/c19-14-10-13(8-9-15(20)21)23-18(22)17(14)16(12-6-7-12)11-4-2-1-3-5-11/h1-5,10,12,16,19H,6-9H2,(H,20,21). The van der Waals surface area contributed by atoms with Crippen LogP contribution in [0.5, 0.6) is 5.75 Å². The van der Waals surface area contributed by atoms with Crippen molar-refractivity contribution in [2.75, 3.05) is 0 Å². The van der Waals surface area contributed by atoms with Gasteiger partial charge in [0, 0.05) is 18.4 Å². The number of hydrogen-bond acceptors (Lipinski definition) is 4. The third-order valence-corrected chi connectivity index (χ3v) is 4.17. The van der Waals surface area contributed by atoms with Crippen LogP contribution in [-0.2, 0) is 11.2 Å². The molecule has 1 fully saturated rings. The number of aryl methyl sites for hydroxylation is 1. The third-order valence-electron chi connectivity index (χ3n) is 4.17. The zero-order chi connectivity index (χ0) is 16.4. The number of rotatable bonds is 6. The Hall–Kier alpha value is -2.56. The van der Waals surface area contributed by atoms with Crippen molar-refractivity contribution in [3.63, 3.8) is 0 Å². The smallest absolute Gasteiger partial charge is 0.343 e. The first kappa shape index (κ1) is 15.3. The lowest BCUT2D eigenvalue weighted by Crippen LogP contribution is -2.16. The van der Waals surface area contributed by atoms with Crippen LogP contribution in [0.2, 0.25) is 0 Å². The molecule has 5 heteroatoms. The molecule has 0 radical (unpaired) electrons. The minimum Gasteiger partial charge on any atom is -0.507 e. The molecule has 0 bridgehead atoms. The summed E-state index contributed by atoms with van der Waals surface area (Å²) in [7, 11) is 0. The summed E-state index contributed by atoms with van der Waals surface area (Å²) < 4.78 is 5.24. The maximum Gasteiger partial charge on any atom is 0.343 e. The first-order valence-corrected chi connectivity index (χ1v) is 7.69. The summed E-state index contributed by atoms with van der Waals surface area (Å²) >= 11 is 0. The van der Waals surface area contributed by atoms with Crippen LogP contribution in [0.4, 0.5) is 0 Å². The van der Waals surface area contributed by atoms with Gasteiger partial charge >= 0.3 is 11.6 Å². The van der Waals surface area contributed by atoms with E-state index in [-0.39, 0.29) is 35.8 Å². The fraction of sp³-hybridized carbons (Fsp3) is 0.333. The second kappa shape index (κ2) is 6.28. The Morgan fingerprint density at radius 3 is 2.52 bits per heavy atom. The number of aliphatic carboxylic acids is 1. The van der Waals surface area contributed by atoms with Gasteiger partial charge in [0.1, 0.15) is 11.5 Å². The first-order chi connectivity index (χ1) is 11.1. The van der Waals surface area contributed by atoms with E-state index >= 15 is 0 Å². The third kappa shape index (κ3) is 3.44. The number of carboxylic acids is 1. The van der Waals surface area contributed by atoms with Gasteiger partial charge < -0.3 is 14.6 Å². The number of benzene rings is 1. The Bertz CT molecular complexity index is 759. The van der Waals surface area contributed by atoms with Crippen LogP contribution < -0.4 is 5.63 Å². The van der Waals surface area contributed by atoms with Gasteiger partial charge in [0.2, 0.25) is 0 Å². The molecule has 0 amide bonds. The Morgan fingerprint density at radius 2 is 1.96 bits per heavy atom. The molecular weight excluding hydrogens is 296 g/mol. The number of carbonyl (C=O) groups is 1. The highest BCUT2D eigenvalue weighted by Crippen LogP contribution is 2.47. The SMILES string of the molecule is O=C(O)CCc1cc(O)c(C(c2ccccc2)C2CC2)c(=O)o1. The summed E-state index contributed by atoms with van der Waals surface area (Å²) in [5.74, 6) is -0.739. The zero-order valence-corrected chi connectivity index (χ0v) is 12.6. The molecule has 0 saturated heterocycles. The van der Waals surface area contributed by atoms with Crippen LogP contribution in [0, 0.1) is 5.92 Å². The molecule has 2 N–H and O–H groups in total. The van der Waals surface area contributed by atoms with Gasteiger partial charge in [-0.25, -0.2) is 4.79 Å². The highest BCUT2D eigenvalue weighted by molar-refractivity contribution is 5.66. The monoisotopic (exact) mass is 314 g/mol. The van der Waals surface area contributed by atoms with E-state index in [0.717, 1.165) is 18.4 Å². The van der Waals surface area contributed by atoms with Crippen LogP contribution in [0.15, 0.2) is 45.6 Å². The van der Waals surface area contributed by atoms with Crippen LogP contribution in [-0.4, -0.2) is 16.2 Å². The van der Waals surface area contributed by atoms with Crippen molar-refractivity contribution in [1.29, 1.82) is 0 Å². The van der Waals surface area contributed by atoms with Gasteiger partial charge in [-0.15, -0.1) is 0 Å². The van der Waals surface area contributed by atoms with Gasteiger partial charge in [0.15, 0.2) is 0 Å². The Kier molecular flexibility index (Phi) is 4.19. The summed E-state index contributed by atoms with van der Waals surface area (Å²) in [6, 6.07) is 11.0. The fourth-order valence-electron chi connectivity index (χ4n) is 2.94. The summed E-state index contributed by atoms with van der Waals surface area (Å²) in [6.45, 7) is 0. The highest BCUT2D eigenvalue weighted by atomic mass is 16.4. The second-order valence-electron chi connectivity index (χ2n) is 5.92. The van der Waals surface area contributed by atoms with E-state index < -0.39 is 11.6 Å². The van der Waals surface area contributed by atoms with E-state index in [1.54, 1.807) is 0 Å². The van der Waals surface area contributed by atoms with Crippen molar-refractivity contribution < 1.29 is 19.4 Å². The topological polar surface area (TPSA) is 87.7 Å². The molecule has 3 rings (SSSR count). The van der Waals surface area contributed by atoms with Crippen molar-refractivity contribution in [1.82, 2.24) is 0 Å². The van der Waals surface area contributed by atoms with E-state index in [9.17, 15) is 14.7 Å². The quantitative estimate of drug-likeness (QED) is 0.856. The number of hydrogen-bond donors (Lipinski definition) is 2.